The van der Waals surface area contributed by atoms with Crippen LogP contribution in [0.15, 0.2) is 54.6 Å². The Bertz CT molecular complexity index is 798. The van der Waals surface area contributed by atoms with E-state index in [1.807, 2.05) is 18.2 Å². The van der Waals surface area contributed by atoms with Crippen LogP contribution in [0.3, 0.4) is 0 Å². The molecule has 0 aliphatic carbocycles. The molecule has 1 fully saturated rings. The van der Waals surface area contributed by atoms with E-state index in [9.17, 15) is 4.79 Å². The number of benzene rings is 2. The zero-order chi connectivity index (χ0) is 20.9. The Morgan fingerprint density at radius 3 is 2.45 bits per heavy atom. The third-order valence-corrected chi connectivity index (χ3v) is 6.00. The number of carbonyl (C=O) groups is 1. The van der Waals surface area contributed by atoms with E-state index in [1.54, 1.807) is 12.1 Å². The topological polar surface area (TPSA) is 44.8 Å². The SMILES string of the molecule is CC(C)(C)c1ccc(CCC2(CBr)OCC(COC(=O)c3ccccc3)O2)cc1. The fraction of sp³-hybridized carbons (Fsp3) is 0.458. The molecule has 0 bridgehead atoms. The molecule has 1 heterocycles. The number of aryl methyl sites for hydroxylation is 1. The van der Waals surface area contributed by atoms with Gasteiger partial charge in [0.25, 0.3) is 0 Å². The third-order valence-electron chi connectivity index (χ3n) is 5.14. The molecule has 0 saturated carbocycles. The Labute approximate surface area is 181 Å². The number of rotatable bonds is 7. The van der Waals surface area contributed by atoms with Gasteiger partial charge in [0.15, 0.2) is 5.79 Å². The lowest BCUT2D eigenvalue weighted by Crippen LogP contribution is -2.34. The smallest absolute Gasteiger partial charge is 0.338 e. The first kappa shape index (κ1) is 22.0. The molecule has 2 aromatic carbocycles. The fourth-order valence-corrected chi connectivity index (χ4v) is 3.87. The normalized spacial score (nSPS) is 21.9. The summed E-state index contributed by atoms with van der Waals surface area (Å²) < 4.78 is 17.5. The van der Waals surface area contributed by atoms with E-state index < -0.39 is 5.79 Å². The van der Waals surface area contributed by atoms with Gasteiger partial charge in [-0.2, -0.15) is 0 Å². The highest BCUT2D eigenvalue weighted by atomic mass is 79.9. The predicted molar refractivity (Wildman–Crippen MR) is 118 cm³/mol. The van der Waals surface area contributed by atoms with E-state index in [0.717, 1.165) is 12.8 Å². The average Bonchev–Trinajstić information content (AvgIpc) is 3.15. The summed E-state index contributed by atoms with van der Waals surface area (Å²) in [6.45, 7) is 7.24. The van der Waals surface area contributed by atoms with Gasteiger partial charge in [-0.3, -0.25) is 0 Å². The van der Waals surface area contributed by atoms with Gasteiger partial charge in [0.1, 0.15) is 12.7 Å². The van der Waals surface area contributed by atoms with E-state index in [1.165, 1.54) is 11.1 Å². The molecule has 1 aliphatic heterocycles. The molecule has 2 atom stereocenters. The summed E-state index contributed by atoms with van der Waals surface area (Å²) >= 11 is 3.53. The number of hydrogen-bond donors (Lipinski definition) is 0. The van der Waals surface area contributed by atoms with Crippen molar-refractivity contribution in [2.45, 2.75) is 50.9 Å². The van der Waals surface area contributed by atoms with Gasteiger partial charge < -0.3 is 14.2 Å². The molecule has 0 amide bonds. The van der Waals surface area contributed by atoms with Crippen LogP contribution in [0.4, 0.5) is 0 Å². The molecule has 29 heavy (non-hydrogen) atoms. The third kappa shape index (κ3) is 5.91. The van der Waals surface area contributed by atoms with Gasteiger partial charge in [-0.1, -0.05) is 79.2 Å². The second-order valence-corrected chi connectivity index (χ2v) is 9.07. The first-order chi connectivity index (χ1) is 13.8. The molecule has 156 valence electrons. The summed E-state index contributed by atoms with van der Waals surface area (Å²) in [5.41, 5.74) is 3.27. The van der Waals surface area contributed by atoms with Crippen LogP contribution in [-0.2, 0) is 26.0 Å². The first-order valence-electron chi connectivity index (χ1n) is 10.0. The predicted octanol–water partition coefficient (Wildman–Crippen LogP) is 5.28. The molecule has 4 nitrogen and oxygen atoms in total. The van der Waals surface area contributed by atoms with E-state index >= 15 is 0 Å². The van der Waals surface area contributed by atoms with E-state index in [0.29, 0.717) is 17.5 Å². The van der Waals surface area contributed by atoms with E-state index in [2.05, 4.69) is 61.0 Å². The number of alkyl halides is 1. The van der Waals surface area contributed by atoms with Gasteiger partial charge in [0.05, 0.1) is 17.5 Å². The van der Waals surface area contributed by atoms with Crippen molar-refractivity contribution < 1.29 is 19.0 Å². The highest BCUT2D eigenvalue weighted by molar-refractivity contribution is 9.09. The van der Waals surface area contributed by atoms with Crippen molar-refractivity contribution in [3.8, 4) is 0 Å². The van der Waals surface area contributed by atoms with Crippen LogP contribution >= 0.6 is 15.9 Å². The molecule has 0 N–H and O–H groups in total. The van der Waals surface area contributed by atoms with Crippen molar-refractivity contribution in [1.29, 1.82) is 0 Å². The fourth-order valence-electron chi connectivity index (χ4n) is 3.30. The quantitative estimate of drug-likeness (QED) is 0.416. The van der Waals surface area contributed by atoms with Gasteiger partial charge in [0.2, 0.25) is 0 Å². The van der Waals surface area contributed by atoms with Gasteiger partial charge in [-0.25, -0.2) is 4.79 Å². The van der Waals surface area contributed by atoms with Gasteiger partial charge in [-0.05, 0) is 35.1 Å². The minimum Gasteiger partial charge on any atom is -0.459 e. The molecule has 0 spiro atoms. The van der Waals surface area contributed by atoms with Crippen molar-refractivity contribution in [3.63, 3.8) is 0 Å². The molecule has 5 heteroatoms. The van der Waals surface area contributed by atoms with Crippen molar-refractivity contribution in [3.05, 3.63) is 71.3 Å². The molecule has 2 aromatic rings. The molecule has 0 radical (unpaired) electrons. The maximum atomic E-state index is 12.1. The Balaban J connectivity index is 1.51. The van der Waals surface area contributed by atoms with E-state index in [-0.39, 0.29) is 24.1 Å². The summed E-state index contributed by atoms with van der Waals surface area (Å²) in [5.74, 6) is -1.03. The second-order valence-electron chi connectivity index (χ2n) is 8.51. The van der Waals surface area contributed by atoms with Crippen molar-refractivity contribution in [2.75, 3.05) is 18.5 Å². The molecular weight excluding hydrogens is 432 g/mol. The Morgan fingerprint density at radius 1 is 1.14 bits per heavy atom. The van der Waals surface area contributed by atoms with Gasteiger partial charge in [-0.15, -0.1) is 0 Å². The summed E-state index contributed by atoms with van der Waals surface area (Å²) in [7, 11) is 0. The average molecular weight is 461 g/mol. The summed E-state index contributed by atoms with van der Waals surface area (Å²) in [6, 6.07) is 17.7. The standard InChI is InChI=1S/C24H29BrO4/c1-23(2,3)20-11-9-18(10-12-20)13-14-24(17-25)28-16-21(29-24)15-27-22(26)19-7-5-4-6-8-19/h4-12,21H,13-17H2,1-3H3. The van der Waals surface area contributed by atoms with Crippen LogP contribution in [0.2, 0.25) is 0 Å². The minimum atomic E-state index is -0.688. The molecule has 0 aromatic heterocycles. The number of carbonyl (C=O) groups excluding carboxylic acids is 1. The molecule has 1 saturated heterocycles. The lowest BCUT2D eigenvalue weighted by molar-refractivity contribution is -0.156. The van der Waals surface area contributed by atoms with E-state index in [4.69, 9.17) is 14.2 Å². The van der Waals surface area contributed by atoms with Crippen LogP contribution < -0.4 is 0 Å². The highest BCUT2D eigenvalue weighted by Crippen LogP contribution is 2.31. The Hall–Kier alpha value is -1.69. The number of hydrogen-bond acceptors (Lipinski definition) is 4. The maximum absolute atomic E-state index is 12.1. The van der Waals surface area contributed by atoms with Crippen LogP contribution in [0, 0.1) is 0 Å². The second kappa shape index (κ2) is 9.41. The first-order valence-corrected chi connectivity index (χ1v) is 11.1. The maximum Gasteiger partial charge on any atom is 0.338 e. The van der Waals surface area contributed by atoms with Gasteiger partial charge in [0, 0.05) is 6.42 Å². The zero-order valence-electron chi connectivity index (χ0n) is 17.3. The summed E-state index contributed by atoms with van der Waals surface area (Å²) in [5, 5.41) is 0.573. The molecule has 3 rings (SSSR count). The van der Waals surface area contributed by atoms with Crippen LogP contribution in [-0.4, -0.2) is 36.4 Å². The van der Waals surface area contributed by atoms with Crippen molar-refractivity contribution in [1.82, 2.24) is 0 Å². The Morgan fingerprint density at radius 2 is 1.83 bits per heavy atom. The summed E-state index contributed by atoms with van der Waals surface area (Å²) in [6.07, 6.45) is 1.33. The van der Waals surface area contributed by atoms with Crippen molar-refractivity contribution in [2.24, 2.45) is 0 Å². The Kier molecular flexibility index (Phi) is 7.14. The zero-order valence-corrected chi connectivity index (χ0v) is 18.9. The minimum absolute atomic E-state index is 0.150. The summed E-state index contributed by atoms with van der Waals surface area (Å²) in [4.78, 5) is 12.1. The van der Waals surface area contributed by atoms with Crippen molar-refractivity contribution >= 4 is 21.9 Å². The number of ether oxygens (including phenoxy) is 3. The monoisotopic (exact) mass is 460 g/mol. The van der Waals surface area contributed by atoms with Crippen LogP contribution in [0.25, 0.3) is 0 Å². The lowest BCUT2D eigenvalue weighted by atomic mass is 9.86. The number of esters is 1. The molecule has 2 unspecified atom stereocenters. The number of halogens is 1. The highest BCUT2D eigenvalue weighted by Gasteiger charge is 2.40. The molecular formula is C24H29BrO4. The van der Waals surface area contributed by atoms with Crippen LogP contribution in [0.5, 0.6) is 0 Å². The van der Waals surface area contributed by atoms with Crippen LogP contribution in [0.1, 0.15) is 48.7 Å². The molecule has 1 aliphatic rings. The largest absolute Gasteiger partial charge is 0.459 e. The van der Waals surface area contributed by atoms with Gasteiger partial charge >= 0.3 is 5.97 Å². The lowest BCUT2D eigenvalue weighted by Gasteiger charge is -2.26.